The van der Waals surface area contributed by atoms with E-state index in [1.165, 1.54) is 0 Å². The summed E-state index contributed by atoms with van der Waals surface area (Å²) in [7, 11) is -4.04. The van der Waals surface area contributed by atoms with E-state index in [-0.39, 0.29) is 11.6 Å². The predicted octanol–water partition coefficient (Wildman–Crippen LogP) is 2.67. The number of sulfonamides is 1. The molecule has 0 aromatic heterocycles. The first-order chi connectivity index (χ1) is 12.0. The van der Waals surface area contributed by atoms with E-state index in [2.05, 4.69) is 5.32 Å². The van der Waals surface area contributed by atoms with Crippen molar-refractivity contribution in [2.24, 2.45) is 0 Å². The molecule has 1 rings (SSSR count). The summed E-state index contributed by atoms with van der Waals surface area (Å²) in [4.78, 5) is 12.0. The molecule has 1 amide bonds. The molecule has 0 spiro atoms. The number of anilines is 1. The van der Waals surface area contributed by atoms with Gasteiger partial charge in [-0.3, -0.25) is 9.10 Å². The van der Waals surface area contributed by atoms with Crippen LogP contribution in [-0.2, 0) is 25.7 Å². The molecule has 0 aliphatic rings. The van der Waals surface area contributed by atoms with Crippen LogP contribution in [0.25, 0.3) is 0 Å². The number of ether oxygens (including phenoxy) is 1. The topological polar surface area (TPSA) is 75.7 Å². The fraction of sp³-hybridized carbons (Fsp3) is 0.533. The Morgan fingerprint density at radius 2 is 2.00 bits per heavy atom. The molecule has 0 saturated carbocycles. The van der Waals surface area contributed by atoms with E-state index in [4.69, 9.17) is 16.3 Å². The maximum atomic E-state index is 12.9. The zero-order chi connectivity index (χ0) is 20.0. The van der Waals surface area contributed by atoms with Gasteiger partial charge < -0.3 is 10.1 Å². The zero-order valence-corrected chi connectivity index (χ0v) is 15.8. The first kappa shape index (κ1) is 22.5. The molecule has 0 saturated heterocycles. The lowest BCUT2D eigenvalue weighted by Crippen LogP contribution is -2.41. The van der Waals surface area contributed by atoms with Crippen molar-refractivity contribution in [3.63, 3.8) is 0 Å². The number of alkyl halides is 3. The van der Waals surface area contributed by atoms with E-state index in [9.17, 15) is 26.4 Å². The van der Waals surface area contributed by atoms with Gasteiger partial charge in [0, 0.05) is 19.8 Å². The minimum absolute atomic E-state index is 0.215. The number of rotatable bonds is 9. The van der Waals surface area contributed by atoms with E-state index in [1.807, 2.05) is 6.92 Å². The van der Waals surface area contributed by atoms with Crippen molar-refractivity contribution < 1.29 is 31.1 Å². The molecule has 1 aromatic carbocycles. The second kappa shape index (κ2) is 9.43. The van der Waals surface area contributed by atoms with Crippen LogP contribution >= 0.6 is 11.6 Å². The van der Waals surface area contributed by atoms with Crippen molar-refractivity contribution in [2.45, 2.75) is 19.5 Å². The van der Waals surface area contributed by atoms with Crippen molar-refractivity contribution in [2.75, 3.05) is 36.9 Å². The average Bonchev–Trinajstić information content (AvgIpc) is 2.51. The highest BCUT2D eigenvalue weighted by atomic mass is 35.5. The highest BCUT2D eigenvalue weighted by molar-refractivity contribution is 7.92. The number of hydrogen-bond acceptors (Lipinski definition) is 4. The summed E-state index contributed by atoms with van der Waals surface area (Å²) in [5, 5.41) is 2.27. The summed E-state index contributed by atoms with van der Waals surface area (Å²) in [5.41, 5.74) is -1.48. The highest BCUT2D eigenvalue weighted by Gasteiger charge is 2.33. The average molecular weight is 417 g/mol. The molecule has 0 aliphatic heterocycles. The van der Waals surface area contributed by atoms with Crippen LogP contribution in [0.3, 0.4) is 0 Å². The summed E-state index contributed by atoms with van der Waals surface area (Å²) in [6.07, 6.45) is -3.38. The molecular formula is C15H20ClF3N2O4S. The van der Waals surface area contributed by atoms with Crippen LogP contribution in [-0.4, -0.2) is 46.9 Å². The summed E-state index contributed by atoms with van der Waals surface area (Å²) in [6, 6.07) is 2.28. The third kappa shape index (κ3) is 7.00. The Kier molecular flexibility index (Phi) is 8.16. The Bertz CT molecular complexity index is 726. The van der Waals surface area contributed by atoms with Crippen LogP contribution in [0.4, 0.5) is 18.9 Å². The predicted molar refractivity (Wildman–Crippen MR) is 92.8 cm³/mol. The molecule has 0 atom stereocenters. The van der Waals surface area contributed by atoms with E-state index in [0.29, 0.717) is 30.0 Å². The van der Waals surface area contributed by atoms with E-state index in [0.717, 1.165) is 18.4 Å². The molecule has 0 bridgehead atoms. The van der Waals surface area contributed by atoms with Crippen LogP contribution < -0.4 is 9.62 Å². The normalized spacial score (nSPS) is 12.1. The first-order valence-electron chi connectivity index (χ1n) is 7.65. The van der Waals surface area contributed by atoms with Gasteiger partial charge in [0.05, 0.1) is 22.5 Å². The Morgan fingerprint density at radius 1 is 1.35 bits per heavy atom. The minimum Gasteiger partial charge on any atom is -0.382 e. The van der Waals surface area contributed by atoms with Crippen molar-refractivity contribution in [3.8, 4) is 0 Å². The lowest BCUT2D eigenvalue weighted by atomic mass is 10.2. The summed E-state index contributed by atoms with van der Waals surface area (Å²) < 4.78 is 68.3. The number of carbonyl (C=O) groups excluding carboxylic acids is 1. The van der Waals surface area contributed by atoms with Gasteiger partial charge in [0.15, 0.2) is 0 Å². The standard InChI is InChI=1S/C15H20ClF3N2O4S/c1-3-25-8-4-7-20-14(22)10-21(26(2,23)24)13-9-11(15(17,18)19)5-6-12(13)16/h5-6,9H,3-4,7-8,10H2,1-2H3,(H,20,22). The smallest absolute Gasteiger partial charge is 0.382 e. The fourth-order valence-corrected chi connectivity index (χ4v) is 3.12. The summed E-state index contributed by atoms with van der Waals surface area (Å²) in [5.74, 6) is -0.666. The number of halogens is 4. The van der Waals surface area contributed by atoms with Crippen LogP contribution in [0.5, 0.6) is 0 Å². The van der Waals surface area contributed by atoms with Gasteiger partial charge in [0.1, 0.15) is 6.54 Å². The van der Waals surface area contributed by atoms with Gasteiger partial charge >= 0.3 is 6.18 Å². The highest BCUT2D eigenvalue weighted by Crippen LogP contribution is 2.36. The molecule has 6 nitrogen and oxygen atoms in total. The largest absolute Gasteiger partial charge is 0.416 e. The number of amides is 1. The Balaban J connectivity index is 2.97. The summed E-state index contributed by atoms with van der Waals surface area (Å²) >= 11 is 5.87. The molecule has 0 heterocycles. The Morgan fingerprint density at radius 3 is 2.54 bits per heavy atom. The number of hydrogen-bond donors (Lipinski definition) is 1. The number of nitrogens with one attached hydrogen (secondary N) is 1. The third-order valence-corrected chi connectivity index (χ3v) is 4.67. The molecule has 26 heavy (non-hydrogen) atoms. The van der Waals surface area contributed by atoms with Crippen LogP contribution in [0, 0.1) is 0 Å². The fourth-order valence-electron chi connectivity index (χ4n) is 1.99. The molecule has 0 radical (unpaired) electrons. The van der Waals surface area contributed by atoms with Crippen molar-refractivity contribution >= 4 is 33.2 Å². The second-order valence-electron chi connectivity index (χ2n) is 5.33. The molecular weight excluding hydrogens is 397 g/mol. The van der Waals surface area contributed by atoms with Crippen molar-refractivity contribution in [1.82, 2.24) is 5.32 Å². The number of carbonyl (C=O) groups is 1. The monoisotopic (exact) mass is 416 g/mol. The zero-order valence-electron chi connectivity index (χ0n) is 14.3. The van der Waals surface area contributed by atoms with Gasteiger partial charge in [0.2, 0.25) is 15.9 Å². The second-order valence-corrected chi connectivity index (χ2v) is 7.65. The van der Waals surface area contributed by atoms with E-state index >= 15 is 0 Å². The van der Waals surface area contributed by atoms with Gasteiger partial charge in [-0.15, -0.1) is 0 Å². The molecule has 1 N–H and O–H groups in total. The molecule has 0 aliphatic carbocycles. The molecule has 0 unspecified atom stereocenters. The van der Waals surface area contributed by atoms with Crippen molar-refractivity contribution in [1.29, 1.82) is 0 Å². The maximum absolute atomic E-state index is 12.9. The summed E-state index contributed by atoms with van der Waals surface area (Å²) in [6.45, 7) is 2.33. The number of benzene rings is 1. The molecule has 11 heteroatoms. The SMILES string of the molecule is CCOCCCNC(=O)CN(c1cc(C(F)(F)F)ccc1Cl)S(C)(=O)=O. The Hall–Kier alpha value is -1.52. The third-order valence-electron chi connectivity index (χ3n) is 3.22. The van der Waals surface area contributed by atoms with Crippen LogP contribution in [0.1, 0.15) is 18.9 Å². The van der Waals surface area contributed by atoms with Gasteiger partial charge in [-0.1, -0.05) is 11.6 Å². The quantitative estimate of drug-likeness (QED) is 0.628. The van der Waals surface area contributed by atoms with E-state index in [1.54, 1.807) is 0 Å². The molecule has 0 fully saturated rings. The minimum atomic E-state index is -4.68. The van der Waals surface area contributed by atoms with Crippen LogP contribution in [0.15, 0.2) is 18.2 Å². The lowest BCUT2D eigenvalue weighted by molar-refractivity contribution is -0.137. The lowest BCUT2D eigenvalue weighted by Gasteiger charge is -2.24. The first-order valence-corrected chi connectivity index (χ1v) is 9.88. The molecule has 1 aromatic rings. The maximum Gasteiger partial charge on any atom is 0.416 e. The number of nitrogens with zero attached hydrogens (tertiary/aromatic N) is 1. The van der Waals surface area contributed by atoms with Gasteiger partial charge in [-0.05, 0) is 31.5 Å². The Labute approximate surface area is 155 Å². The van der Waals surface area contributed by atoms with Crippen molar-refractivity contribution in [3.05, 3.63) is 28.8 Å². The van der Waals surface area contributed by atoms with Gasteiger partial charge in [0.25, 0.3) is 0 Å². The van der Waals surface area contributed by atoms with Gasteiger partial charge in [-0.25, -0.2) is 8.42 Å². The van der Waals surface area contributed by atoms with E-state index < -0.39 is 39.9 Å². The van der Waals surface area contributed by atoms with Gasteiger partial charge in [-0.2, -0.15) is 13.2 Å². The molecule has 148 valence electrons. The van der Waals surface area contributed by atoms with Crippen LogP contribution in [0.2, 0.25) is 5.02 Å².